The number of rotatable bonds is 5. The summed E-state index contributed by atoms with van der Waals surface area (Å²) >= 11 is 0. The van der Waals surface area contributed by atoms with Gasteiger partial charge in [-0.1, -0.05) is 0 Å². The summed E-state index contributed by atoms with van der Waals surface area (Å²) in [5.74, 6) is -0.647. The molecule has 11 heteroatoms. The summed E-state index contributed by atoms with van der Waals surface area (Å²) in [4.78, 5) is 29.8. The lowest BCUT2D eigenvalue weighted by atomic mass is 10.2. The Kier molecular flexibility index (Phi) is 4.51. The van der Waals surface area contributed by atoms with Crippen LogP contribution in [0.25, 0.3) is 11.5 Å². The van der Waals surface area contributed by atoms with E-state index < -0.39 is 17.0 Å². The van der Waals surface area contributed by atoms with Gasteiger partial charge in [0.05, 0.1) is 4.92 Å². The summed E-state index contributed by atoms with van der Waals surface area (Å²) in [7, 11) is 0. The minimum Gasteiger partial charge on any atom is -0.448 e. The number of aromatic nitrogens is 4. The van der Waals surface area contributed by atoms with Crippen molar-refractivity contribution in [2.45, 2.75) is 13.0 Å². The molecule has 3 aromatic rings. The Bertz CT molecular complexity index is 955. The van der Waals surface area contributed by atoms with Gasteiger partial charge < -0.3 is 14.9 Å². The van der Waals surface area contributed by atoms with Crippen molar-refractivity contribution in [2.24, 2.45) is 0 Å². The number of hydrogen-bond acceptors (Lipinski definition) is 10. The van der Waals surface area contributed by atoms with Crippen LogP contribution in [0.15, 0.2) is 41.1 Å². The van der Waals surface area contributed by atoms with Crippen LogP contribution in [0, 0.1) is 10.1 Å². The summed E-state index contributed by atoms with van der Waals surface area (Å²) in [6.07, 6.45) is 1.81. The number of nitro benzene ring substituents is 1. The molecule has 0 radical (unpaired) electrons. The van der Waals surface area contributed by atoms with Crippen molar-refractivity contribution in [1.29, 1.82) is 0 Å². The fourth-order valence-corrected chi connectivity index (χ4v) is 2.01. The molecule has 0 aliphatic heterocycles. The average molecular weight is 356 g/mol. The second kappa shape index (κ2) is 6.93. The molecule has 1 atom stereocenters. The van der Waals surface area contributed by atoms with E-state index in [1.54, 1.807) is 0 Å². The summed E-state index contributed by atoms with van der Waals surface area (Å²) in [6, 6.07) is 5.59. The van der Waals surface area contributed by atoms with Gasteiger partial charge in [0, 0.05) is 30.1 Å². The first-order chi connectivity index (χ1) is 12.5. The molecule has 26 heavy (non-hydrogen) atoms. The van der Waals surface area contributed by atoms with Gasteiger partial charge in [0.1, 0.15) is 0 Å². The number of hydrogen-bond donors (Lipinski definition) is 1. The minimum atomic E-state index is -0.858. The Labute approximate surface area is 146 Å². The third-order valence-electron chi connectivity index (χ3n) is 3.32. The third-order valence-corrected chi connectivity index (χ3v) is 3.32. The highest BCUT2D eigenvalue weighted by Gasteiger charge is 2.22. The molecule has 0 fully saturated rings. The fourth-order valence-electron chi connectivity index (χ4n) is 2.01. The number of nitrogens with zero attached hydrogens (tertiary/aromatic N) is 5. The first-order valence-corrected chi connectivity index (χ1v) is 7.31. The summed E-state index contributed by atoms with van der Waals surface area (Å²) in [6.45, 7) is 1.54. The molecule has 2 heterocycles. The van der Waals surface area contributed by atoms with Gasteiger partial charge in [-0.25, -0.2) is 14.8 Å². The number of carbonyl (C=O) groups is 1. The maximum absolute atomic E-state index is 12.1. The lowest BCUT2D eigenvalue weighted by Crippen LogP contribution is -2.14. The Morgan fingerprint density at radius 3 is 2.58 bits per heavy atom. The molecule has 3 rings (SSSR count). The van der Waals surface area contributed by atoms with Crippen molar-refractivity contribution in [3.8, 4) is 11.5 Å². The number of anilines is 1. The van der Waals surface area contributed by atoms with Crippen LogP contribution in [0.3, 0.4) is 0 Å². The molecule has 0 saturated heterocycles. The molecular weight excluding hydrogens is 344 g/mol. The molecule has 0 amide bonds. The molecule has 0 aliphatic carbocycles. The van der Waals surface area contributed by atoms with Gasteiger partial charge in [-0.15, -0.1) is 10.2 Å². The average Bonchev–Trinajstić information content (AvgIpc) is 3.12. The van der Waals surface area contributed by atoms with E-state index in [2.05, 4.69) is 20.2 Å². The highest BCUT2D eigenvalue weighted by atomic mass is 16.6. The summed E-state index contributed by atoms with van der Waals surface area (Å²) < 4.78 is 10.7. The number of non-ortho nitro benzene ring substituents is 1. The molecule has 2 N–H and O–H groups in total. The first-order valence-electron chi connectivity index (χ1n) is 7.31. The lowest BCUT2D eigenvalue weighted by Gasteiger charge is -2.09. The smallest absolute Gasteiger partial charge is 0.361 e. The van der Waals surface area contributed by atoms with Gasteiger partial charge in [0.25, 0.3) is 11.6 Å². The predicted molar refractivity (Wildman–Crippen MR) is 86.7 cm³/mol. The van der Waals surface area contributed by atoms with Crippen molar-refractivity contribution in [3.05, 3.63) is 58.4 Å². The highest BCUT2D eigenvalue weighted by Crippen LogP contribution is 2.24. The van der Waals surface area contributed by atoms with Crippen LogP contribution in [0.1, 0.15) is 29.4 Å². The van der Waals surface area contributed by atoms with E-state index in [1.165, 1.54) is 43.6 Å². The van der Waals surface area contributed by atoms with E-state index in [0.717, 1.165) is 0 Å². The maximum atomic E-state index is 12.1. The Balaban J connectivity index is 1.73. The summed E-state index contributed by atoms with van der Waals surface area (Å²) in [5, 5.41) is 18.3. The van der Waals surface area contributed by atoms with Gasteiger partial charge >= 0.3 is 5.97 Å². The number of esters is 1. The maximum Gasteiger partial charge on any atom is 0.361 e. The minimum absolute atomic E-state index is 0.0502. The SMILES string of the molecule is C[C@@H](OC(=O)c1nccnc1N)c1nnc(-c2ccc([N+](=O)[O-])cc2)o1. The number of nitro groups is 1. The Hall–Kier alpha value is -3.89. The van der Waals surface area contributed by atoms with Crippen molar-refractivity contribution in [3.63, 3.8) is 0 Å². The summed E-state index contributed by atoms with van der Waals surface area (Å²) in [5.41, 5.74) is 5.89. The fraction of sp³-hybridized carbons (Fsp3) is 0.133. The van der Waals surface area contributed by atoms with Crippen LogP contribution in [-0.2, 0) is 4.74 Å². The Morgan fingerprint density at radius 2 is 1.92 bits per heavy atom. The van der Waals surface area contributed by atoms with Gasteiger partial charge in [-0.3, -0.25) is 10.1 Å². The normalized spacial score (nSPS) is 11.7. The van der Waals surface area contributed by atoms with Crippen LogP contribution in [0.2, 0.25) is 0 Å². The van der Waals surface area contributed by atoms with E-state index in [4.69, 9.17) is 14.9 Å². The molecular formula is C15H12N6O5. The molecule has 0 aliphatic rings. The van der Waals surface area contributed by atoms with E-state index in [9.17, 15) is 14.9 Å². The molecule has 132 valence electrons. The monoisotopic (exact) mass is 356 g/mol. The topological polar surface area (TPSA) is 160 Å². The zero-order valence-corrected chi connectivity index (χ0v) is 13.4. The largest absolute Gasteiger partial charge is 0.448 e. The van der Waals surface area contributed by atoms with Gasteiger partial charge in [0.2, 0.25) is 5.89 Å². The number of benzene rings is 1. The number of ether oxygens (including phenoxy) is 1. The van der Waals surface area contributed by atoms with Crippen LogP contribution in [0.5, 0.6) is 0 Å². The van der Waals surface area contributed by atoms with Crippen LogP contribution < -0.4 is 5.73 Å². The first kappa shape index (κ1) is 17.0. The van der Waals surface area contributed by atoms with Crippen LogP contribution >= 0.6 is 0 Å². The van der Waals surface area contributed by atoms with E-state index >= 15 is 0 Å². The van der Waals surface area contributed by atoms with Crippen molar-refractivity contribution < 1.29 is 18.9 Å². The van der Waals surface area contributed by atoms with Crippen LogP contribution in [-0.4, -0.2) is 31.1 Å². The predicted octanol–water partition coefficient (Wildman–Crippen LogP) is 1.93. The number of carbonyl (C=O) groups excluding carboxylic acids is 1. The van der Waals surface area contributed by atoms with Gasteiger partial charge in [0.15, 0.2) is 17.6 Å². The zero-order chi connectivity index (χ0) is 18.7. The highest BCUT2D eigenvalue weighted by molar-refractivity contribution is 5.91. The second-order valence-corrected chi connectivity index (χ2v) is 5.09. The zero-order valence-electron chi connectivity index (χ0n) is 13.4. The van der Waals surface area contributed by atoms with Gasteiger partial charge in [-0.05, 0) is 19.1 Å². The quantitative estimate of drug-likeness (QED) is 0.406. The van der Waals surface area contributed by atoms with Crippen LogP contribution in [0.4, 0.5) is 11.5 Å². The standard InChI is InChI=1S/C15H12N6O5/c1-8(25-15(22)11-12(16)18-7-6-17-11)13-19-20-14(26-13)9-2-4-10(5-3-9)21(23)24/h2-8H,1H3,(H2,16,18)/t8-/m1/s1. The molecule has 1 aromatic carbocycles. The molecule has 0 bridgehead atoms. The van der Waals surface area contributed by atoms with Gasteiger partial charge in [-0.2, -0.15) is 0 Å². The van der Waals surface area contributed by atoms with E-state index in [-0.39, 0.29) is 29.0 Å². The van der Waals surface area contributed by atoms with Crippen molar-refractivity contribution in [2.75, 3.05) is 5.73 Å². The lowest BCUT2D eigenvalue weighted by molar-refractivity contribution is -0.384. The molecule has 0 spiro atoms. The molecule has 11 nitrogen and oxygen atoms in total. The van der Waals surface area contributed by atoms with E-state index in [0.29, 0.717) is 5.56 Å². The Morgan fingerprint density at radius 1 is 1.23 bits per heavy atom. The number of nitrogens with two attached hydrogens (primary N) is 1. The number of nitrogen functional groups attached to an aromatic ring is 1. The molecule has 2 aromatic heterocycles. The molecule has 0 unspecified atom stereocenters. The molecule has 0 saturated carbocycles. The van der Waals surface area contributed by atoms with Crippen molar-refractivity contribution in [1.82, 2.24) is 20.2 Å². The third kappa shape index (κ3) is 3.45. The van der Waals surface area contributed by atoms with E-state index in [1.807, 2.05) is 0 Å². The second-order valence-electron chi connectivity index (χ2n) is 5.09. The van der Waals surface area contributed by atoms with Crippen molar-refractivity contribution >= 4 is 17.5 Å².